The highest BCUT2D eigenvalue weighted by Crippen LogP contribution is 2.39. The van der Waals surface area contributed by atoms with Gasteiger partial charge in [0.25, 0.3) is 5.91 Å². The van der Waals surface area contributed by atoms with Gasteiger partial charge in [0.15, 0.2) is 11.5 Å². The van der Waals surface area contributed by atoms with Crippen LogP contribution in [0.4, 0.5) is 0 Å². The van der Waals surface area contributed by atoms with Crippen LogP contribution < -0.4 is 4.74 Å². The molecule has 1 heterocycles. The number of hydrogen-bond donors (Lipinski definition) is 1. The normalized spacial score (nSPS) is 17.3. The van der Waals surface area contributed by atoms with Gasteiger partial charge in [-0.15, -0.1) is 0 Å². The van der Waals surface area contributed by atoms with E-state index < -0.39 is 17.7 Å². The molecule has 0 aromatic heterocycles. The summed E-state index contributed by atoms with van der Waals surface area (Å²) in [5, 5.41) is 10.4. The lowest BCUT2D eigenvalue weighted by atomic mass is 9.91. The van der Waals surface area contributed by atoms with E-state index in [0.717, 1.165) is 11.3 Å². The molecule has 1 N–H and O–H groups in total. The van der Waals surface area contributed by atoms with E-state index in [4.69, 9.17) is 9.47 Å². The van der Waals surface area contributed by atoms with E-state index in [-0.39, 0.29) is 17.3 Å². The molecule has 1 aliphatic heterocycles. The summed E-state index contributed by atoms with van der Waals surface area (Å²) in [5.74, 6) is -0.770. The lowest BCUT2D eigenvalue weighted by molar-refractivity contribution is -0.129. The molecule has 0 bridgehead atoms. The Morgan fingerprint density at radius 3 is 2.46 bits per heavy atom. The van der Waals surface area contributed by atoms with Gasteiger partial charge in [0.05, 0.1) is 18.2 Å². The van der Waals surface area contributed by atoms with Crippen molar-refractivity contribution >= 4 is 11.7 Å². The van der Waals surface area contributed by atoms with Crippen LogP contribution >= 0.6 is 0 Å². The number of rotatable bonds is 9. The molecular formula is C20H27NO5. The molecule has 0 saturated heterocycles. The number of amides is 1. The maximum absolute atomic E-state index is 12.7. The highest BCUT2D eigenvalue weighted by atomic mass is 16.5. The Labute approximate surface area is 154 Å². The molecule has 2 rings (SSSR count). The fourth-order valence-electron chi connectivity index (χ4n) is 3.09. The van der Waals surface area contributed by atoms with Crippen LogP contribution in [0.2, 0.25) is 0 Å². The van der Waals surface area contributed by atoms with Gasteiger partial charge in [-0.2, -0.15) is 0 Å². The number of benzene rings is 1. The maximum atomic E-state index is 12.7. The Morgan fingerprint density at radius 1 is 1.27 bits per heavy atom. The van der Waals surface area contributed by atoms with Crippen molar-refractivity contribution in [1.82, 2.24) is 4.90 Å². The second-order valence-corrected chi connectivity index (χ2v) is 6.53. The first kappa shape index (κ1) is 20.0. The molecule has 1 aromatic rings. The summed E-state index contributed by atoms with van der Waals surface area (Å²) in [6.45, 7) is 6.87. The fraction of sp³-hybridized carbons (Fsp3) is 0.500. The Bertz CT molecular complexity index is 678. The summed E-state index contributed by atoms with van der Waals surface area (Å²) >= 11 is 0. The second-order valence-electron chi connectivity index (χ2n) is 6.53. The maximum Gasteiger partial charge on any atom is 0.290 e. The number of ether oxygens (including phenoxy) is 2. The molecule has 6 nitrogen and oxygen atoms in total. The molecule has 1 atom stereocenters. The van der Waals surface area contributed by atoms with Gasteiger partial charge in [-0.1, -0.05) is 26.0 Å². The number of nitrogens with zero attached hydrogens (tertiary/aromatic N) is 1. The number of Topliss-reactive ketones (excluding diaryl/α,β-unsaturated/α-hetero) is 1. The topological polar surface area (TPSA) is 76.1 Å². The fourth-order valence-corrected chi connectivity index (χ4v) is 3.09. The van der Waals surface area contributed by atoms with E-state index in [1.165, 1.54) is 0 Å². The van der Waals surface area contributed by atoms with Crippen LogP contribution in [0.5, 0.6) is 5.75 Å². The highest BCUT2D eigenvalue weighted by Gasteiger charge is 2.43. The lowest BCUT2D eigenvalue weighted by Crippen LogP contribution is -2.33. The molecule has 0 radical (unpaired) electrons. The zero-order chi connectivity index (χ0) is 19.3. The minimum Gasteiger partial charge on any atom is -0.503 e. The molecule has 0 fully saturated rings. The van der Waals surface area contributed by atoms with Crippen molar-refractivity contribution in [3.63, 3.8) is 0 Å². The first-order chi connectivity index (χ1) is 12.4. The van der Waals surface area contributed by atoms with Crippen molar-refractivity contribution in [3.05, 3.63) is 41.2 Å². The summed E-state index contributed by atoms with van der Waals surface area (Å²) in [6.07, 6.45) is 0.617. The second kappa shape index (κ2) is 8.85. The largest absolute Gasteiger partial charge is 0.503 e. The third-order valence-corrected chi connectivity index (χ3v) is 4.35. The van der Waals surface area contributed by atoms with E-state index in [1.807, 2.05) is 31.2 Å². The minimum atomic E-state index is -0.593. The summed E-state index contributed by atoms with van der Waals surface area (Å²) in [5.41, 5.74) is 0.943. The van der Waals surface area contributed by atoms with Crippen LogP contribution in [0.15, 0.2) is 35.6 Å². The number of carbonyl (C=O) groups excluding carboxylic acids is 2. The number of carbonyl (C=O) groups is 2. The smallest absolute Gasteiger partial charge is 0.290 e. The van der Waals surface area contributed by atoms with E-state index in [0.29, 0.717) is 26.2 Å². The number of aliphatic hydroxyl groups excluding tert-OH is 1. The van der Waals surface area contributed by atoms with Gasteiger partial charge in [-0.25, -0.2) is 0 Å². The Kier molecular flexibility index (Phi) is 6.80. The van der Waals surface area contributed by atoms with E-state index in [2.05, 4.69) is 0 Å². The average molecular weight is 361 g/mol. The van der Waals surface area contributed by atoms with Gasteiger partial charge >= 0.3 is 0 Å². The zero-order valence-electron chi connectivity index (χ0n) is 15.8. The summed E-state index contributed by atoms with van der Waals surface area (Å²) in [6, 6.07) is 6.69. The van der Waals surface area contributed by atoms with Crippen LogP contribution in [-0.2, 0) is 14.3 Å². The molecule has 1 amide bonds. The van der Waals surface area contributed by atoms with Crippen LogP contribution in [0.1, 0.15) is 38.8 Å². The van der Waals surface area contributed by atoms with Gasteiger partial charge in [0, 0.05) is 26.2 Å². The summed E-state index contributed by atoms with van der Waals surface area (Å²) in [4.78, 5) is 26.8. The van der Waals surface area contributed by atoms with Gasteiger partial charge in [-0.05, 0) is 31.0 Å². The third-order valence-electron chi connectivity index (χ3n) is 4.35. The monoisotopic (exact) mass is 361 g/mol. The van der Waals surface area contributed by atoms with Gasteiger partial charge in [0.2, 0.25) is 0 Å². The standard InChI is InChI=1S/C20H27NO5/c1-5-26-15-9-7-14(8-10-15)17-16(18(22)13(2)3)19(23)20(24)21(17)11-6-12-25-4/h7-10,13,17,23H,5-6,11-12H2,1-4H3. The number of hydrogen-bond acceptors (Lipinski definition) is 5. The molecule has 142 valence electrons. The van der Waals surface area contributed by atoms with Crippen LogP contribution in [-0.4, -0.2) is 48.6 Å². The molecule has 1 aliphatic rings. The predicted molar refractivity (Wildman–Crippen MR) is 98.1 cm³/mol. The van der Waals surface area contributed by atoms with Crippen LogP contribution in [0.25, 0.3) is 0 Å². The molecular weight excluding hydrogens is 334 g/mol. The average Bonchev–Trinajstić information content (AvgIpc) is 2.87. The molecule has 0 saturated carbocycles. The molecule has 1 unspecified atom stereocenters. The van der Waals surface area contributed by atoms with Crippen molar-refractivity contribution in [2.24, 2.45) is 5.92 Å². The van der Waals surface area contributed by atoms with Crippen molar-refractivity contribution in [1.29, 1.82) is 0 Å². The molecule has 0 spiro atoms. The Balaban J connectivity index is 2.41. The molecule has 26 heavy (non-hydrogen) atoms. The zero-order valence-corrected chi connectivity index (χ0v) is 15.8. The molecule has 6 heteroatoms. The summed E-state index contributed by atoms with van der Waals surface area (Å²) in [7, 11) is 1.60. The minimum absolute atomic E-state index is 0.173. The van der Waals surface area contributed by atoms with Gasteiger partial charge < -0.3 is 19.5 Å². The molecule has 1 aromatic carbocycles. The van der Waals surface area contributed by atoms with Crippen LogP contribution in [0, 0.1) is 5.92 Å². The van der Waals surface area contributed by atoms with Crippen molar-refractivity contribution in [2.75, 3.05) is 26.9 Å². The first-order valence-corrected chi connectivity index (χ1v) is 8.92. The van der Waals surface area contributed by atoms with E-state index in [9.17, 15) is 14.7 Å². The van der Waals surface area contributed by atoms with Crippen molar-refractivity contribution < 1.29 is 24.2 Å². The van der Waals surface area contributed by atoms with E-state index >= 15 is 0 Å². The SMILES string of the molecule is CCOc1ccc(C2C(C(=O)C(C)C)=C(O)C(=O)N2CCCOC)cc1. The Hall–Kier alpha value is -2.34. The predicted octanol–water partition coefficient (Wildman–Crippen LogP) is 3.04. The summed E-state index contributed by atoms with van der Waals surface area (Å²) < 4.78 is 10.5. The quantitative estimate of drug-likeness (QED) is 0.684. The number of methoxy groups -OCH3 is 1. The van der Waals surface area contributed by atoms with Crippen molar-refractivity contribution in [3.8, 4) is 5.75 Å². The third kappa shape index (κ3) is 4.07. The van der Waals surface area contributed by atoms with Crippen molar-refractivity contribution in [2.45, 2.75) is 33.2 Å². The van der Waals surface area contributed by atoms with E-state index in [1.54, 1.807) is 25.9 Å². The highest BCUT2D eigenvalue weighted by molar-refractivity contribution is 6.09. The Morgan fingerprint density at radius 2 is 1.92 bits per heavy atom. The number of ketones is 1. The molecule has 0 aliphatic carbocycles. The van der Waals surface area contributed by atoms with Gasteiger partial charge in [-0.3, -0.25) is 9.59 Å². The van der Waals surface area contributed by atoms with Crippen LogP contribution in [0.3, 0.4) is 0 Å². The number of aliphatic hydroxyl groups is 1. The van der Waals surface area contributed by atoms with Gasteiger partial charge in [0.1, 0.15) is 5.75 Å². The first-order valence-electron chi connectivity index (χ1n) is 8.92. The lowest BCUT2D eigenvalue weighted by Gasteiger charge is -2.27.